The Bertz CT molecular complexity index is 552. The number of hydrogen-bond acceptors (Lipinski definition) is 2. The van der Waals surface area contributed by atoms with Crippen molar-refractivity contribution >= 4 is 26.8 Å². The smallest absolute Gasteiger partial charge is 0.135 e. The lowest BCUT2D eigenvalue weighted by Crippen LogP contribution is -2.26. The summed E-state index contributed by atoms with van der Waals surface area (Å²) in [6, 6.07) is 8.36. The normalized spacial score (nSPS) is 24.6. The van der Waals surface area contributed by atoms with E-state index in [1.165, 1.54) is 10.9 Å². The predicted molar refractivity (Wildman–Crippen MR) is 75.6 cm³/mol. The van der Waals surface area contributed by atoms with E-state index in [2.05, 4.69) is 56.9 Å². The molecule has 0 aliphatic carbocycles. The maximum absolute atomic E-state index is 5.60. The van der Waals surface area contributed by atoms with Gasteiger partial charge in [0.2, 0.25) is 0 Å². The van der Waals surface area contributed by atoms with E-state index in [9.17, 15) is 0 Å². The van der Waals surface area contributed by atoms with Crippen molar-refractivity contribution in [2.45, 2.75) is 32.4 Å². The molecule has 1 aromatic heterocycles. The topological polar surface area (TPSA) is 27.1 Å². The first-order valence-electron chi connectivity index (χ1n) is 6.46. The van der Waals surface area contributed by atoms with Gasteiger partial charge in [-0.1, -0.05) is 18.2 Å². The minimum atomic E-state index is 0.383. The fourth-order valence-corrected chi connectivity index (χ4v) is 3.25. The van der Waals surface area contributed by atoms with E-state index in [4.69, 9.17) is 4.74 Å². The number of halogens is 1. The second kappa shape index (κ2) is 5.02. The second-order valence-electron chi connectivity index (χ2n) is 5.06. The zero-order valence-electron chi connectivity index (χ0n) is 10.5. The fourth-order valence-electron chi connectivity index (χ4n) is 2.73. The highest BCUT2D eigenvalue weighted by Gasteiger charge is 2.21. The van der Waals surface area contributed by atoms with Crippen LogP contribution in [0.5, 0.6) is 0 Å². The minimum Gasteiger partial charge on any atom is -0.378 e. The molecule has 1 aliphatic heterocycles. The van der Waals surface area contributed by atoms with Gasteiger partial charge in [0.15, 0.2) is 0 Å². The number of para-hydroxylation sites is 1. The number of hydrogen-bond donors (Lipinski definition) is 0. The molecule has 3 nitrogen and oxygen atoms in total. The molecule has 2 unspecified atom stereocenters. The molecule has 96 valence electrons. The van der Waals surface area contributed by atoms with Gasteiger partial charge in [0.25, 0.3) is 0 Å². The zero-order valence-corrected chi connectivity index (χ0v) is 12.1. The van der Waals surface area contributed by atoms with Crippen molar-refractivity contribution in [2.24, 2.45) is 5.92 Å². The molecule has 1 saturated heterocycles. The third kappa shape index (κ3) is 2.31. The van der Waals surface area contributed by atoms with E-state index in [1.807, 2.05) is 0 Å². The number of nitrogens with zero attached hydrogens (tertiary/aromatic N) is 2. The van der Waals surface area contributed by atoms with Crippen molar-refractivity contribution < 1.29 is 4.74 Å². The van der Waals surface area contributed by atoms with Crippen LogP contribution in [0.1, 0.15) is 19.8 Å². The highest BCUT2D eigenvalue weighted by Crippen LogP contribution is 2.26. The van der Waals surface area contributed by atoms with Crippen molar-refractivity contribution in [1.29, 1.82) is 0 Å². The Morgan fingerprint density at radius 2 is 2.28 bits per heavy atom. The van der Waals surface area contributed by atoms with E-state index in [1.54, 1.807) is 0 Å². The molecule has 1 aliphatic rings. The molecule has 2 aromatic rings. The Balaban J connectivity index is 1.86. The van der Waals surface area contributed by atoms with E-state index in [0.29, 0.717) is 12.0 Å². The molecule has 0 N–H and O–H groups in total. The molecule has 0 saturated carbocycles. The van der Waals surface area contributed by atoms with Crippen molar-refractivity contribution in [1.82, 2.24) is 9.78 Å². The first kappa shape index (κ1) is 12.2. The molecule has 2 heterocycles. The van der Waals surface area contributed by atoms with Crippen LogP contribution < -0.4 is 0 Å². The SMILES string of the molecule is CC1CC(Cn2nc(Br)c3ccccc32)CCO1. The molecular formula is C14H17BrN2O. The zero-order chi connectivity index (χ0) is 12.5. The Hall–Kier alpha value is -0.870. The average molecular weight is 309 g/mol. The van der Waals surface area contributed by atoms with Gasteiger partial charge in [-0.25, -0.2) is 0 Å². The number of benzene rings is 1. The summed E-state index contributed by atoms with van der Waals surface area (Å²) < 4.78 is 8.67. The quantitative estimate of drug-likeness (QED) is 0.847. The minimum absolute atomic E-state index is 0.383. The van der Waals surface area contributed by atoms with E-state index in [0.717, 1.165) is 30.6 Å². The molecule has 2 atom stereocenters. The molecule has 3 rings (SSSR count). The summed E-state index contributed by atoms with van der Waals surface area (Å²) in [6.45, 7) is 4.02. The number of aromatic nitrogens is 2. The maximum atomic E-state index is 5.60. The van der Waals surface area contributed by atoms with E-state index < -0.39 is 0 Å². The standard InChI is InChI=1S/C14H17BrN2O/c1-10-8-11(6-7-18-10)9-17-13-5-3-2-4-12(13)14(15)16-17/h2-5,10-11H,6-9H2,1H3. The molecule has 0 spiro atoms. The summed E-state index contributed by atoms with van der Waals surface area (Å²) in [7, 11) is 0. The monoisotopic (exact) mass is 308 g/mol. The van der Waals surface area contributed by atoms with Gasteiger partial charge in [-0.3, -0.25) is 4.68 Å². The van der Waals surface area contributed by atoms with E-state index >= 15 is 0 Å². The van der Waals surface area contributed by atoms with Crippen LogP contribution in [0.2, 0.25) is 0 Å². The van der Waals surface area contributed by atoms with Crippen molar-refractivity contribution in [3.63, 3.8) is 0 Å². The van der Waals surface area contributed by atoms with E-state index in [-0.39, 0.29) is 0 Å². The van der Waals surface area contributed by atoms with Crippen LogP contribution >= 0.6 is 15.9 Å². The van der Waals surface area contributed by atoms with Crippen molar-refractivity contribution in [3.8, 4) is 0 Å². The third-order valence-electron chi connectivity index (χ3n) is 3.64. The largest absolute Gasteiger partial charge is 0.378 e. The molecular weight excluding hydrogens is 292 g/mol. The summed E-state index contributed by atoms with van der Waals surface area (Å²) in [5.74, 6) is 0.670. The lowest BCUT2D eigenvalue weighted by molar-refractivity contribution is -0.00151. The predicted octanol–water partition coefficient (Wildman–Crippen LogP) is 3.61. The maximum Gasteiger partial charge on any atom is 0.135 e. The highest BCUT2D eigenvalue weighted by atomic mass is 79.9. The number of ether oxygens (including phenoxy) is 1. The van der Waals surface area contributed by atoms with Crippen LogP contribution in [0.15, 0.2) is 28.9 Å². The molecule has 0 bridgehead atoms. The Labute approximate surface area is 115 Å². The summed E-state index contributed by atoms with van der Waals surface area (Å²) in [4.78, 5) is 0. The second-order valence-corrected chi connectivity index (χ2v) is 5.81. The van der Waals surface area contributed by atoms with Gasteiger partial charge in [0.1, 0.15) is 4.60 Å². The Morgan fingerprint density at radius 3 is 3.11 bits per heavy atom. The van der Waals surface area contributed by atoms with Crippen LogP contribution in [-0.4, -0.2) is 22.5 Å². The molecule has 0 radical (unpaired) electrons. The van der Waals surface area contributed by atoms with Crippen LogP contribution in [0.25, 0.3) is 10.9 Å². The number of rotatable bonds is 2. The first-order chi connectivity index (χ1) is 8.74. The summed E-state index contributed by atoms with van der Waals surface area (Å²) in [5.41, 5.74) is 1.21. The van der Waals surface area contributed by atoms with Gasteiger partial charge in [0.05, 0.1) is 11.6 Å². The summed E-state index contributed by atoms with van der Waals surface area (Å²) in [6.07, 6.45) is 2.65. The molecule has 18 heavy (non-hydrogen) atoms. The van der Waals surface area contributed by atoms with Crippen LogP contribution in [-0.2, 0) is 11.3 Å². The first-order valence-corrected chi connectivity index (χ1v) is 7.26. The third-order valence-corrected chi connectivity index (χ3v) is 4.22. The molecule has 0 amide bonds. The van der Waals surface area contributed by atoms with Gasteiger partial charge in [-0.15, -0.1) is 0 Å². The van der Waals surface area contributed by atoms with Crippen LogP contribution in [0.3, 0.4) is 0 Å². The Kier molecular flexibility index (Phi) is 3.39. The van der Waals surface area contributed by atoms with Gasteiger partial charge in [-0.2, -0.15) is 5.10 Å². The fraction of sp³-hybridized carbons (Fsp3) is 0.500. The summed E-state index contributed by atoms with van der Waals surface area (Å²) in [5, 5.41) is 5.79. The molecule has 1 fully saturated rings. The Morgan fingerprint density at radius 1 is 1.44 bits per heavy atom. The van der Waals surface area contributed by atoms with Crippen LogP contribution in [0.4, 0.5) is 0 Å². The highest BCUT2D eigenvalue weighted by molar-refractivity contribution is 9.10. The lowest BCUT2D eigenvalue weighted by Gasteiger charge is -2.27. The van der Waals surface area contributed by atoms with Crippen molar-refractivity contribution in [2.75, 3.05) is 6.61 Å². The average Bonchev–Trinajstić information content (AvgIpc) is 2.67. The van der Waals surface area contributed by atoms with Gasteiger partial charge >= 0.3 is 0 Å². The molecule has 1 aromatic carbocycles. The lowest BCUT2D eigenvalue weighted by atomic mass is 9.96. The number of fused-ring (bicyclic) bond motifs is 1. The van der Waals surface area contributed by atoms with Gasteiger partial charge < -0.3 is 4.74 Å². The summed E-state index contributed by atoms with van der Waals surface area (Å²) >= 11 is 3.54. The van der Waals surface area contributed by atoms with Crippen LogP contribution in [0, 0.1) is 5.92 Å². The molecule has 4 heteroatoms. The van der Waals surface area contributed by atoms with Crippen molar-refractivity contribution in [3.05, 3.63) is 28.9 Å². The van der Waals surface area contributed by atoms with Gasteiger partial charge in [-0.05, 0) is 47.7 Å². The van der Waals surface area contributed by atoms with Gasteiger partial charge in [0, 0.05) is 18.5 Å².